The lowest BCUT2D eigenvalue weighted by molar-refractivity contribution is -0.124. The van der Waals surface area contributed by atoms with Crippen molar-refractivity contribution in [2.45, 2.75) is 4.87 Å². The van der Waals surface area contributed by atoms with E-state index >= 15 is 0 Å². The third-order valence-corrected chi connectivity index (χ3v) is 7.23. The first kappa shape index (κ1) is 22.0. The lowest BCUT2D eigenvalue weighted by Gasteiger charge is -2.33. The highest BCUT2D eigenvalue weighted by atomic mass is 32.2. The molecule has 3 aromatic carbocycles. The summed E-state index contributed by atoms with van der Waals surface area (Å²) < 4.78 is 19.2. The predicted molar refractivity (Wildman–Crippen MR) is 128 cm³/mol. The van der Waals surface area contributed by atoms with Gasteiger partial charge in [-0.2, -0.15) is 0 Å². The van der Waals surface area contributed by atoms with Crippen LogP contribution in [0.5, 0.6) is 5.75 Å². The number of anilines is 3. The first-order valence-corrected chi connectivity index (χ1v) is 11.5. The van der Waals surface area contributed by atoms with Crippen molar-refractivity contribution in [2.75, 3.05) is 34.5 Å². The Morgan fingerprint density at radius 2 is 1.76 bits per heavy atom. The quantitative estimate of drug-likeness (QED) is 0.606. The number of ether oxygens (including phenoxy) is 1. The number of methoxy groups -OCH3 is 1. The average Bonchev–Trinajstić information content (AvgIpc) is 3.31. The van der Waals surface area contributed by atoms with E-state index in [0.29, 0.717) is 22.7 Å². The molecule has 1 saturated heterocycles. The van der Waals surface area contributed by atoms with Crippen molar-refractivity contribution >= 4 is 46.5 Å². The number of para-hydroxylation sites is 2. The van der Waals surface area contributed by atoms with Gasteiger partial charge in [-0.15, -0.1) is 11.8 Å². The number of nitrogens with zero attached hydrogens (tertiary/aromatic N) is 2. The van der Waals surface area contributed by atoms with Crippen LogP contribution in [-0.2, 0) is 19.3 Å². The van der Waals surface area contributed by atoms with Gasteiger partial charge in [0.15, 0.2) is 0 Å². The van der Waals surface area contributed by atoms with Crippen LogP contribution in [-0.4, -0.2) is 37.1 Å². The van der Waals surface area contributed by atoms with Crippen LogP contribution < -0.4 is 19.9 Å². The Morgan fingerprint density at radius 3 is 2.50 bits per heavy atom. The summed E-state index contributed by atoms with van der Waals surface area (Å²) in [6.07, 6.45) is 0. The molecule has 0 saturated carbocycles. The largest absolute Gasteiger partial charge is 0.497 e. The molecule has 1 N–H and O–H groups in total. The van der Waals surface area contributed by atoms with Crippen molar-refractivity contribution in [3.05, 3.63) is 84.2 Å². The number of halogens is 1. The van der Waals surface area contributed by atoms with Gasteiger partial charge in [-0.05, 0) is 42.5 Å². The van der Waals surface area contributed by atoms with Crippen LogP contribution in [0.3, 0.4) is 0 Å². The SMILES string of the molecule is COc1ccc(N2C(=O)CS[C@]23C(=O)N(CC(=O)Nc2ccccc2F)c2ccccc23)cc1. The van der Waals surface area contributed by atoms with E-state index in [1.807, 2.05) is 0 Å². The van der Waals surface area contributed by atoms with Gasteiger partial charge in [-0.25, -0.2) is 4.39 Å². The van der Waals surface area contributed by atoms with Gasteiger partial charge in [-0.3, -0.25) is 24.2 Å². The molecule has 2 aliphatic rings. The topological polar surface area (TPSA) is 79.0 Å². The first-order valence-electron chi connectivity index (χ1n) is 10.5. The van der Waals surface area contributed by atoms with Crippen LogP contribution in [0.25, 0.3) is 0 Å². The second-order valence-electron chi connectivity index (χ2n) is 7.80. The number of amides is 3. The number of rotatable bonds is 5. The Hall–Kier alpha value is -3.85. The number of carbonyl (C=O) groups excluding carboxylic acids is 3. The molecule has 3 amide bonds. The molecular weight excluding hydrogens is 457 g/mol. The third kappa shape index (κ3) is 3.40. The third-order valence-electron chi connectivity index (χ3n) is 5.84. The molecule has 172 valence electrons. The standard InChI is InChI=1S/C25H20FN3O4S/c1-33-17-12-10-16(11-13-17)29-23(31)15-34-25(29)18-6-2-5-9-21(18)28(24(25)32)14-22(30)27-20-8-4-3-7-19(20)26/h2-13H,14-15H2,1H3,(H,27,30)/t25-/m1/s1. The van der Waals surface area contributed by atoms with Crippen molar-refractivity contribution in [1.82, 2.24) is 0 Å². The number of carbonyl (C=O) groups is 3. The smallest absolute Gasteiger partial charge is 0.269 e. The molecule has 0 radical (unpaired) electrons. The van der Waals surface area contributed by atoms with E-state index in [0.717, 1.165) is 0 Å². The van der Waals surface area contributed by atoms with E-state index in [2.05, 4.69) is 5.32 Å². The summed E-state index contributed by atoms with van der Waals surface area (Å²) >= 11 is 1.22. The van der Waals surface area contributed by atoms with Gasteiger partial charge < -0.3 is 10.1 Å². The van der Waals surface area contributed by atoms with Crippen LogP contribution in [0.2, 0.25) is 0 Å². The molecule has 2 heterocycles. The molecular formula is C25H20FN3O4S. The van der Waals surface area contributed by atoms with E-state index in [4.69, 9.17) is 4.74 Å². The minimum atomic E-state index is -1.33. The fourth-order valence-corrected chi connectivity index (χ4v) is 5.70. The lowest BCUT2D eigenvalue weighted by atomic mass is 10.0. The van der Waals surface area contributed by atoms with Crippen LogP contribution in [0.4, 0.5) is 21.5 Å². The first-order chi connectivity index (χ1) is 16.5. The maximum atomic E-state index is 14.0. The molecule has 1 atom stereocenters. The molecule has 7 nitrogen and oxygen atoms in total. The fourth-order valence-electron chi connectivity index (χ4n) is 4.34. The molecule has 2 aliphatic heterocycles. The Morgan fingerprint density at radius 1 is 1.06 bits per heavy atom. The minimum Gasteiger partial charge on any atom is -0.497 e. The molecule has 1 fully saturated rings. The van der Waals surface area contributed by atoms with Crippen molar-refractivity contribution < 1.29 is 23.5 Å². The van der Waals surface area contributed by atoms with Gasteiger partial charge >= 0.3 is 0 Å². The summed E-state index contributed by atoms with van der Waals surface area (Å²) in [6, 6.07) is 19.8. The highest BCUT2D eigenvalue weighted by molar-refractivity contribution is 8.02. The number of nitrogens with one attached hydrogen (secondary N) is 1. The number of benzene rings is 3. The lowest BCUT2D eigenvalue weighted by Crippen LogP contribution is -2.50. The summed E-state index contributed by atoms with van der Waals surface area (Å²) in [7, 11) is 1.55. The van der Waals surface area contributed by atoms with Gasteiger partial charge in [0, 0.05) is 11.3 Å². The monoisotopic (exact) mass is 477 g/mol. The van der Waals surface area contributed by atoms with Crippen LogP contribution in [0.15, 0.2) is 72.8 Å². The van der Waals surface area contributed by atoms with E-state index in [9.17, 15) is 18.8 Å². The van der Waals surface area contributed by atoms with Gasteiger partial charge in [0.25, 0.3) is 5.91 Å². The van der Waals surface area contributed by atoms with Crippen molar-refractivity contribution in [3.8, 4) is 5.75 Å². The maximum Gasteiger partial charge on any atom is 0.269 e. The number of thioether (sulfide) groups is 1. The maximum absolute atomic E-state index is 14.0. The van der Waals surface area contributed by atoms with Gasteiger partial charge in [0.1, 0.15) is 18.1 Å². The summed E-state index contributed by atoms with van der Waals surface area (Å²) in [4.78, 5) is 41.3. The fraction of sp³-hybridized carbons (Fsp3) is 0.160. The van der Waals surface area contributed by atoms with Crippen molar-refractivity contribution in [2.24, 2.45) is 0 Å². The van der Waals surface area contributed by atoms with Crippen molar-refractivity contribution in [1.29, 1.82) is 0 Å². The van der Waals surface area contributed by atoms with Gasteiger partial charge in [0.05, 0.1) is 24.2 Å². The summed E-state index contributed by atoms with van der Waals surface area (Å²) in [5.74, 6) is -0.984. The van der Waals surface area contributed by atoms with Gasteiger partial charge in [0.2, 0.25) is 16.7 Å². The Bertz CT molecular complexity index is 1300. The molecule has 0 aliphatic carbocycles. The molecule has 0 bridgehead atoms. The summed E-state index contributed by atoms with van der Waals surface area (Å²) in [6.45, 7) is -0.322. The van der Waals surface area contributed by atoms with Crippen LogP contribution in [0.1, 0.15) is 5.56 Å². The Kier molecular flexibility index (Phi) is 5.49. The predicted octanol–water partition coefficient (Wildman–Crippen LogP) is 3.75. The van der Waals surface area contributed by atoms with Gasteiger partial charge in [-0.1, -0.05) is 30.3 Å². The number of hydrogen-bond donors (Lipinski definition) is 1. The minimum absolute atomic E-state index is 0.0347. The molecule has 0 aromatic heterocycles. The molecule has 1 spiro atoms. The highest BCUT2D eigenvalue weighted by Crippen LogP contribution is 2.55. The zero-order valence-corrected chi connectivity index (χ0v) is 19.0. The normalized spacial score (nSPS) is 19.0. The van der Waals surface area contributed by atoms with Crippen molar-refractivity contribution in [3.63, 3.8) is 0 Å². The van der Waals surface area contributed by atoms with Crippen LogP contribution in [0, 0.1) is 5.82 Å². The highest BCUT2D eigenvalue weighted by Gasteiger charge is 2.61. The number of fused-ring (bicyclic) bond motifs is 2. The van der Waals surface area contributed by atoms with Crippen LogP contribution >= 0.6 is 11.8 Å². The number of hydrogen-bond acceptors (Lipinski definition) is 5. The Labute approximate surface area is 199 Å². The van der Waals surface area contributed by atoms with E-state index in [-0.39, 0.29) is 23.9 Å². The Balaban J connectivity index is 1.51. The summed E-state index contributed by atoms with van der Waals surface area (Å²) in [5.41, 5.74) is 1.76. The van der Waals surface area contributed by atoms with E-state index in [1.165, 1.54) is 39.8 Å². The second-order valence-corrected chi connectivity index (χ2v) is 8.96. The van der Waals surface area contributed by atoms with E-state index in [1.54, 1.807) is 61.7 Å². The zero-order chi connectivity index (χ0) is 23.9. The molecule has 5 rings (SSSR count). The molecule has 0 unspecified atom stereocenters. The average molecular weight is 478 g/mol. The summed E-state index contributed by atoms with van der Waals surface area (Å²) in [5, 5.41) is 2.52. The zero-order valence-electron chi connectivity index (χ0n) is 18.2. The molecule has 34 heavy (non-hydrogen) atoms. The second kappa shape index (κ2) is 8.49. The van der Waals surface area contributed by atoms with E-state index < -0.39 is 22.5 Å². The molecule has 9 heteroatoms. The molecule has 3 aromatic rings.